The van der Waals surface area contributed by atoms with E-state index in [0.717, 1.165) is 42.8 Å². The first-order valence-electron chi connectivity index (χ1n) is 10.8. The number of hydrogen-bond donors (Lipinski definition) is 1. The molecule has 0 radical (unpaired) electrons. The minimum Gasteiger partial charge on any atom is -0.497 e. The summed E-state index contributed by atoms with van der Waals surface area (Å²) in [5.41, 5.74) is 2.31. The van der Waals surface area contributed by atoms with Gasteiger partial charge in [-0.1, -0.05) is 30.2 Å². The van der Waals surface area contributed by atoms with Gasteiger partial charge in [-0.15, -0.1) is 0 Å². The van der Waals surface area contributed by atoms with Crippen molar-refractivity contribution in [2.24, 2.45) is 0 Å². The monoisotopic (exact) mass is 420 g/mol. The number of methoxy groups -OCH3 is 1. The van der Waals surface area contributed by atoms with Crippen molar-refractivity contribution in [2.45, 2.75) is 32.2 Å². The predicted molar refractivity (Wildman–Crippen MR) is 121 cm³/mol. The molecule has 4 rings (SSSR count). The van der Waals surface area contributed by atoms with Crippen LogP contribution in [0.15, 0.2) is 57.7 Å². The highest BCUT2D eigenvalue weighted by Gasteiger charge is 2.24. The molecule has 6 nitrogen and oxygen atoms in total. The number of carbonyl (C=O) groups is 1. The van der Waals surface area contributed by atoms with Gasteiger partial charge < -0.3 is 14.5 Å². The van der Waals surface area contributed by atoms with Crippen LogP contribution in [0.4, 0.5) is 0 Å². The topological polar surface area (TPSA) is 71.8 Å². The lowest BCUT2D eigenvalue weighted by Crippen LogP contribution is -2.40. The van der Waals surface area contributed by atoms with Crippen LogP contribution in [0, 0.1) is 6.92 Å². The molecule has 2 aromatic carbocycles. The van der Waals surface area contributed by atoms with E-state index >= 15 is 0 Å². The molecule has 1 atom stereocenters. The van der Waals surface area contributed by atoms with E-state index in [2.05, 4.69) is 10.2 Å². The number of fused-ring (bicyclic) bond motifs is 1. The van der Waals surface area contributed by atoms with Crippen LogP contribution in [0.5, 0.6) is 5.75 Å². The zero-order chi connectivity index (χ0) is 21.8. The minimum atomic E-state index is -0.380. The van der Waals surface area contributed by atoms with Crippen LogP contribution < -0.4 is 15.5 Å². The van der Waals surface area contributed by atoms with E-state index in [9.17, 15) is 9.59 Å². The van der Waals surface area contributed by atoms with Crippen molar-refractivity contribution in [3.8, 4) is 5.75 Å². The number of amides is 1. The van der Waals surface area contributed by atoms with Crippen LogP contribution in [-0.4, -0.2) is 37.6 Å². The van der Waals surface area contributed by atoms with E-state index < -0.39 is 0 Å². The fourth-order valence-electron chi connectivity index (χ4n) is 4.17. The number of ether oxygens (including phenoxy) is 1. The summed E-state index contributed by atoms with van der Waals surface area (Å²) >= 11 is 0. The molecule has 0 aliphatic carbocycles. The predicted octanol–water partition coefficient (Wildman–Crippen LogP) is 4.07. The van der Waals surface area contributed by atoms with Crippen molar-refractivity contribution in [3.63, 3.8) is 0 Å². The van der Waals surface area contributed by atoms with Crippen molar-refractivity contribution in [1.29, 1.82) is 0 Å². The van der Waals surface area contributed by atoms with Gasteiger partial charge in [0.05, 0.1) is 18.5 Å². The Bertz CT molecular complexity index is 1110. The number of likely N-dealkylation sites (tertiary alicyclic amines) is 1. The number of aryl methyl sites for hydroxylation is 1. The smallest absolute Gasteiger partial charge is 0.287 e. The zero-order valence-corrected chi connectivity index (χ0v) is 18.0. The van der Waals surface area contributed by atoms with Crippen LogP contribution in [-0.2, 0) is 0 Å². The molecule has 1 saturated heterocycles. The van der Waals surface area contributed by atoms with Crippen LogP contribution in [0.1, 0.15) is 47.0 Å². The molecular formula is C25H28N2O4. The summed E-state index contributed by atoms with van der Waals surface area (Å²) in [6.45, 7) is 4.34. The van der Waals surface area contributed by atoms with Gasteiger partial charge in [-0.05, 0) is 62.7 Å². The molecule has 2 heterocycles. The Morgan fingerprint density at radius 2 is 1.84 bits per heavy atom. The maximum Gasteiger partial charge on any atom is 0.287 e. The number of piperidine rings is 1. The normalized spacial score (nSPS) is 15.5. The van der Waals surface area contributed by atoms with Gasteiger partial charge in [0, 0.05) is 12.6 Å². The average Bonchev–Trinajstić information content (AvgIpc) is 2.80. The standard InChI is InChI=1S/C25H28N2O4/c1-17-6-11-23-20(14-17)22(28)15-24(31-23)25(29)26-16-21(27-12-4-3-5-13-27)18-7-9-19(30-2)10-8-18/h6-11,14-15,21H,3-5,12-13,16H2,1-2H3,(H,26,29). The van der Waals surface area contributed by atoms with Gasteiger partial charge in [0.2, 0.25) is 0 Å². The Labute approximate surface area is 181 Å². The maximum absolute atomic E-state index is 12.8. The minimum absolute atomic E-state index is 0.0356. The first-order valence-corrected chi connectivity index (χ1v) is 10.8. The Balaban J connectivity index is 1.54. The Hall–Kier alpha value is -3.12. The van der Waals surface area contributed by atoms with Crippen LogP contribution in [0.2, 0.25) is 0 Å². The van der Waals surface area contributed by atoms with E-state index in [0.29, 0.717) is 17.5 Å². The summed E-state index contributed by atoms with van der Waals surface area (Å²) in [7, 11) is 1.65. The van der Waals surface area contributed by atoms with Crippen molar-refractivity contribution in [2.75, 3.05) is 26.7 Å². The summed E-state index contributed by atoms with van der Waals surface area (Å²) < 4.78 is 11.0. The number of benzene rings is 2. The maximum atomic E-state index is 12.8. The first-order chi connectivity index (χ1) is 15.0. The third kappa shape index (κ3) is 4.80. The number of carbonyl (C=O) groups excluding carboxylic acids is 1. The third-order valence-electron chi connectivity index (χ3n) is 5.89. The highest BCUT2D eigenvalue weighted by molar-refractivity contribution is 5.93. The first kappa shape index (κ1) is 21.1. The van der Waals surface area contributed by atoms with Crippen LogP contribution in [0.25, 0.3) is 11.0 Å². The summed E-state index contributed by atoms with van der Waals surface area (Å²) in [6.07, 6.45) is 3.54. The summed E-state index contributed by atoms with van der Waals surface area (Å²) in [6, 6.07) is 14.7. The van der Waals surface area contributed by atoms with Gasteiger partial charge in [0.1, 0.15) is 11.3 Å². The molecule has 0 spiro atoms. The average molecular weight is 421 g/mol. The van der Waals surface area contributed by atoms with Gasteiger partial charge in [0.15, 0.2) is 11.2 Å². The van der Waals surface area contributed by atoms with Crippen molar-refractivity contribution >= 4 is 16.9 Å². The SMILES string of the molecule is COc1ccc(C(CNC(=O)c2cc(=O)c3cc(C)ccc3o2)N2CCCCC2)cc1. The summed E-state index contributed by atoms with van der Waals surface area (Å²) in [4.78, 5) is 27.7. The molecule has 162 valence electrons. The molecule has 1 aliphatic heterocycles. The number of rotatable bonds is 6. The van der Waals surface area contributed by atoms with E-state index in [4.69, 9.17) is 9.15 Å². The second-order valence-corrected chi connectivity index (χ2v) is 8.07. The van der Waals surface area contributed by atoms with Crippen LogP contribution in [0.3, 0.4) is 0 Å². The van der Waals surface area contributed by atoms with E-state index in [1.807, 2.05) is 37.3 Å². The van der Waals surface area contributed by atoms with E-state index in [-0.39, 0.29) is 23.1 Å². The molecule has 1 N–H and O–H groups in total. The number of nitrogens with zero attached hydrogens (tertiary/aromatic N) is 1. The van der Waals surface area contributed by atoms with E-state index in [1.165, 1.54) is 12.5 Å². The fourth-order valence-corrected chi connectivity index (χ4v) is 4.17. The van der Waals surface area contributed by atoms with E-state index in [1.54, 1.807) is 19.2 Å². The Morgan fingerprint density at radius 1 is 1.10 bits per heavy atom. The molecule has 31 heavy (non-hydrogen) atoms. The van der Waals surface area contributed by atoms with Crippen molar-refractivity contribution in [1.82, 2.24) is 10.2 Å². The molecule has 1 amide bonds. The molecule has 0 saturated carbocycles. The largest absolute Gasteiger partial charge is 0.497 e. The molecule has 1 aromatic heterocycles. The fraction of sp³-hybridized carbons (Fsp3) is 0.360. The quantitative estimate of drug-likeness (QED) is 0.651. The van der Waals surface area contributed by atoms with Gasteiger partial charge in [-0.3, -0.25) is 14.5 Å². The number of hydrogen-bond acceptors (Lipinski definition) is 5. The summed E-state index contributed by atoms with van der Waals surface area (Å²) in [5.74, 6) is 0.460. The molecule has 1 fully saturated rings. The third-order valence-corrected chi connectivity index (χ3v) is 5.89. The molecule has 3 aromatic rings. The van der Waals surface area contributed by atoms with Crippen molar-refractivity contribution in [3.05, 3.63) is 75.6 Å². The highest BCUT2D eigenvalue weighted by Crippen LogP contribution is 2.26. The second kappa shape index (κ2) is 9.35. The molecular weight excluding hydrogens is 392 g/mol. The molecule has 6 heteroatoms. The Kier molecular flexibility index (Phi) is 6.37. The van der Waals surface area contributed by atoms with Gasteiger partial charge in [0.25, 0.3) is 5.91 Å². The van der Waals surface area contributed by atoms with Crippen molar-refractivity contribution < 1.29 is 13.9 Å². The lowest BCUT2D eigenvalue weighted by atomic mass is 10.0. The van der Waals surface area contributed by atoms with Gasteiger partial charge in [-0.2, -0.15) is 0 Å². The summed E-state index contributed by atoms with van der Waals surface area (Å²) in [5, 5.41) is 3.47. The molecule has 0 bridgehead atoms. The van der Waals surface area contributed by atoms with Crippen LogP contribution >= 0.6 is 0 Å². The molecule has 1 unspecified atom stereocenters. The van der Waals surface area contributed by atoms with Gasteiger partial charge in [-0.25, -0.2) is 0 Å². The lowest BCUT2D eigenvalue weighted by molar-refractivity contribution is 0.0897. The lowest BCUT2D eigenvalue weighted by Gasteiger charge is -2.35. The zero-order valence-electron chi connectivity index (χ0n) is 18.0. The number of nitrogens with one attached hydrogen (secondary N) is 1. The van der Waals surface area contributed by atoms with Gasteiger partial charge >= 0.3 is 0 Å². The second-order valence-electron chi connectivity index (χ2n) is 8.07. The highest BCUT2D eigenvalue weighted by atomic mass is 16.5. The Morgan fingerprint density at radius 3 is 2.55 bits per heavy atom. The molecule has 1 aliphatic rings.